The predicted molar refractivity (Wildman–Crippen MR) is 251 cm³/mol. The highest BCUT2D eigenvalue weighted by atomic mass is 15.0. The Kier molecular flexibility index (Phi) is 8.85. The van der Waals surface area contributed by atoms with Gasteiger partial charge in [-0.15, -0.1) is 0 Å². The summed E-state index contributed by atoms with van der Waals surface area (Å²) in [7, 11) is 0. The molecule has 0 atom stereocenters. The molecule has 0 unspecified atom stereocenters. The van der Waals surface area contributed by atoms with Crippen LogP contribution in [0.3, 0.4) is 0 Å². The van der Waals surface area contributed by atoms with Crippen molar-refractivity contribution in [2.45, 2.75) is 0 Å². The summed E-state index contributed by atoms with van der Waals surface area (Å²) in [6, 6.07) is 68.8. The van der Waals surface area contributed by atoms with Gasteiger partial charge in [-0.1, -0.05) is 84.9 Å². The number of benzene rings is 8. The number of nitriles is 4. The SMILES string of the molecule is N#Cc1ccc2c(c1)c1cc(C#N)ccc1n2-c1cc(-c2ccc(-c3cc(-c4ccccc4)nc(-c4ccccc4)n3)cc2)cc(-n2c3ccc(C#N)cc3c3cc(C#N)ccc32)c1. The molecule has 8 nitrogen and oxygen atoms in total. The van der Waals surface area contributed by atoms with Crippen LogP contribution in [-0.2, 0) is 0 Å². The fourth-order valence-corrected chi connectivity index (χ4v) is 8.80. The van der Waals surface area contributed by atoms with Crippen LogP contribution in [-0.4, -0.2) is 19.1 Å². The molecule has 64 heavy (non-hydrogen) atoms. The fraction of sp³-hybridized carbons (Fsp3) is 0. The van der Waals surface area contributed by atoms with E-state index in [0.29, 0.717) is 28.1 Å². The second kappa shape index (κ2) is 15.1. The van der Waals surface area contributed by atoms with Gasteiger partial charge in [0, 0.05) is 49.6 Å². The molecule has 0 bridgehead atoms. The lowest BCUT2D eigenvalue weighted by atomic mass is 10.0. The van der Waals surface area contributed by atoms with E-state index in [1.54, 1.807) is 0 Å². The van der Waals surface area contributed by atoms with E-state index in [1.165, 1.54) is 0 Å². The molecule has 0 amide bonds. The molecule has 0 saturated carbocycles. The van der Waals surface area contributed by atoms with Gasteiger partial charge in [0.25, 0.3) is 0 Å². The average Bonchev–Trinajstić information content (AvgIpc) is 3.87. The van der Waals surface area contributed by atoms with E-state index in [1.807, 2.05) is 127 Å². The monoisotopic (exact) mass is 814 g/mol. The van der Waals surface area contributed by atoms with Crippen molar-refractivity contribution in [2.75, 3.05) is 0 Å². The maximum Gasteiger partial charge on any atom is 0.160 e. The van der Waals surface area contributed by atoms with Gasteiger partial charge in [-0.25, -0.2) is 9.97 Å². The van der Waals surface area contributed by atoms with Gasteiger partial charge in [-0.3, -0.25) is 0 Å². The summed E-state index contributed by atoms with van der Waals surface area (Å²) in [5.74, 6) is 0.642. The first kappa shape index (κ1) is 37.4. The topological polar surface area (TPSA) is 131 Å². The smallest absolute Gasteiger partial charge is 0.160 e. The third-order valence-electron chi connectivity index (χ3n) is 11.8. The molecule has 294 valence electrons. The van der Waals surface area contributed by atoms with Crippen molar-refractivity contribution in [1.82, 2.24) is 19.1 Å². The Morgan fingerprint density at radius 1 is 0.312 bits per heavy atom. The highest BCUT2D eigenvalue weighted by Gasteiger charge is 2.20. The van der Waals surface area contributed by atoms with Gasteiger partial charge >= 0.3 is 0 Å². The first-order chi connectivity index (χ1) is 31.5. The average molecular weight is 815 g/mol. The lowest BCUT2D eigenvalue weighted by molar-refractivity contribution is 1.13. The van der Waals surface area contributed by atoms with Crippen LogP contribution in [0, 0.1) is 45.3 Å². The summed E-state index contributed by atoms with van der Waals surface area (Å²) in [5.41, 5.74) is 13.7. The van der Waals surface area contributed by atoms with E-state index in [0.717, 1.165) is 94.2 Å². The zero-order chi connectivity index (χ0) is 43.3. The van der Waals surface area contributed by atoms with Crippen LogP contribution < -0.4 is 0 Å². The molecule has 0 saturated heterocycles. The van der Waals surface area contributed by atoms with Crippen LogP contribution in [0.25, 0.3) is 100 Å². The molecule has 3 aromatic heterocycles. The van der Waals surface area contributed by atoms with Gasteiger partial charge in [-0.05, 0) is 108 Å². The van der Waals surface area contributed by atoms with Crippen LogP contribution >= 0.6 is 0 Å². The summed E-state index contributed by atoms with van der Waals surface area (Å²) in [6.07, 6.45) is 0. The van der Waals surface area contributed by atoms with Crippen molar-refractivity contribution in [3.63, 3.8) is 0 Å². The zero-order valence-corrected chi connectivity index (χ0v) is 33.9. The second-order valence-electron chi connectivity index (χ2n) is 15.6. The molecule has 11 rings (SSSR count). The molecule has 0 aliphatic heterocycles. The van der Waals surface area contributed by atoms with Crippen molar-refractivity contribution < 1.29 is 0 Å². The van der Waals surface area contributed by atoms with E-state index in [-0.39, 0.29) is 0 Å². The third-order valence-corrected chi connectivity index (χ3v) is 11.8. The Labute approximate surface area is 367 Å². The third kappa shape index (κ3) is 6.29. The Balaban J connectivity index is 1.14. The van der Waals surface area contributed by atoms with Gasteiger partial charge in [0.2, 0.25) is 0 Å². The molecule has 8 heteroatoms. The molecule has 0 radical (unpaired) electrons. The standard InChI is InChI=1S/C56H30N8/c57-31-35-11-19-52-46(23-35)47-24-36(32-58)12-20-53(47)63(52)44-27-43(28-45(29-44)64-54-21-13-37(33-59)25-48(54)49-26-38(34-60)14-22-55(49)64)39-15-17-41(18-16-39)51-30-50(40-7-3-1-4-8-40)61-56(62-51)42-9-5-2-6-10-42/h1-30H. The van der Waals surface area contributed by atoms with Crippen molar-refractivity contribution >= 4 is 43.6 Å². The quantitative estimate of drug-likeness (QED) is 0.164. The Bertz CT molecular complexity index is 3500. The van der Waals surface area contributed by atoms with Crippen LogP contribution in [0.1, 0.15) is 22.3 Å². The lowest BCUT2D eigenvalue weighted by Gasteiger charge is -2.16. The van der Waals surface area contributed by atoms with Gasteiger partial charge in [-0.2, -0.15) is 21.0 Å². The minimum Gasteiger partial charge on any atom is -0.309 e. The highest BCUT2D eigenvalue weighted by molar-refractivity contribution is 6.11. The van der Waals surface area contributed by atoms with Crippen LogP contribution in [0.5, 0.6) is 0 Å². The van der Waals surface area contributed by atoms with E-state index in [4.69, 9.17) is 9.97 Å². The van der Waals surface area contributed by atoms with Gasteiger partial charge in [0.1, 0.15) is 0 Å². The van der Waals surface area contributed by atoms with E-state index in [9.17, 15) is 21.0 Å². The Morgan fingerprint density at radius 2 is 0.672 bits per heavy atom. The summed E-state index contributed by atoms with van der Waals surface area (Å²) in [4.78, 5) is 10.0. The summed E-state index contributed by atoms with van der Waals surface area (Å²) in [5, 5.41) is 43.1. The normalized spacial score (nSPS) is 11.1. The van der Waals surface area contributed by atoms with Gasteiger partial charge < -0.3 is 9.13 Å². The lowest BCUT2D eigenvalue weighted by Crippen LogP contribution is -2.00. The molecule has 0 spiro atoms. The molecule has 0 N–H and O–H groups in total. The van der Waals surface area contributed by atoms with Gasteiger partial charge in [0.05, 0.1) is 80.0 Å². The number of hydrogen-bond donors (Lipinski definition) is 0. The first-order valence-corrected chi connectivity index (χ1v) is 20.5. The molecule has 11 aromatic rings. The first-order valence-electron chi connectivity index (χ1n) is 20.5. The summed E-state index contributed by atoms with van der Waals surface area (Å²) >= 11 is 0. The van der Waals surface area contributed by atoms with E-state index < -0.39 is 0 Å². The number of nitrogens with zero attached hydrogens (tertiary/aromatic N) is 8. The minimum atomic E-state index is 0.526. The fourth-order valence-electron chi connectivity index (χ4n) is 8.80. The summed E-state index contributed by atoms with van der Waals surface area (Å²) < 4.78 is 4.36. The number of aromatic nitrogens is 4. The largest absolute Gasteiger partial charge is 0.309 e. The predicted octanol–water partition coefficient (Wildman–Crippen LogP) is 12.8. The molecule has 8 aromatic carbocycles. The zero-order valence-electron chi connectivity index (χ0n) is 33.9. The van der Waals surface area contributed by atoms with Crippen LogP contribution in [0.15, 0.2) is 182 Å². The van der Waals surface area contributed by atoms with Crippen LogP contribution in [0.2, 0.25) is 0 Å². The molecular weight excluding hydrogens is 785 g/mol. The van der Waals surface area contributed by atoms with Crippen molar-refractivity contribution in [3.8, 4) is 80.7 Å². The Morgan fingerprint density at radius 3 is 1.06 bits per heavy atom. The van der Waals surface area contributed by atoms with Crippen molar-refractivity contribution in [2.24, 2.45) is 0 Å². The summed E-state index contributed by atoms with van der Waals surface area (Å²) in [6.45, 7) is 0. The molecule has 0 aliphatic rings. The Hall–Kier alpha value is -9.60. The maximum absolute atomic E-state index is 9.91. The van der Waals surface area contributed by atoms with Crippen molar-refractivity contribution in [1.29, 1.82) is 21.0 Å². The molecule has 0 aliphatic carbocycles. The molecule has 3 heterocycles. The second-order valence-corrected chi connectivity index (χ2v) is 15.6. The van der Waals surface area contributed by atoms with Crippen LogP contribution in [0.4, 0.5) is 0 Å². The van der Waals surface area contributed by atoms with E-state index in [2.05, 4.69) is 88.0 Å². The number of fused-ring (bicyclic) bond motifs is 6. The molecule has 0 fully saturated rings. The highest BCUT2D eigenvalue weighted by Crippen LogP contribution is 2.39. The van der Waals surface area contributed by atoms with Crippen molar-refractivity contribution in [3.05, 3.63) is 204 Å². The maximum atomic E-state index is 9.91. The van der Waals surface area contributed by atoms with E-state index >= 15 is 0 Å². The minimum absolute atomic E-state index is 0.526. The number of hydrogen-bond acceptors (Lipinski definition) is 6. The number of rotatable bonds is 6. The molecular formula is C56H30N8. The van der Waals surface area contributed by atoms with Gasteiger partial charge in [0.15, 0.2) is 5.82 Å².